The summed E-state index contributed by atoms with van der Waals surface area (Å²) in [5.74, 6) is -0.540. The van der Waals surface area contributed by atoms with E-state index in [1.54, 1.807) is 41.7 Å². The molecule has 1 N–H and O–H groups in total. The number of aromatic nitrogens is 4. The zero-order valence-electron chi connectivity index (χ0n) is 18.2. The number of benzene rings is 1. The third-order valence-corrected chi connectivity index (χ3v) is 6.11. The van der Waals surface area contributed by atoms with E-state index in [1.807, 2.05) is 24.3 Å². The Bertz CT molecular complexity index is 1530. The maximum absolute atomic E-state index is 15.3. The summed E-state index contributed by atoms with van der Waals surface area (Å²) in [7, 11) is 0. The zero-order valence-corrected chi connectivity index (χ0v) is 18.2. The first-order valence-corrected chi connectivity index (χ1v) is 11.0. The maximum atomic E-state index is 15.3. The molecule has 1 fully saturated rings. The molecule has 5 aromatic rings. The normalized spacial score (nSPS) is 14.1. The largest absolute Gasteiger partial charge is 0.378 e. The van der Waals surface area contributed by atoms with Gasteiger partial charge in [0.05, 0.1) is 36.8 Å². The molecule has 0 bridgehead atoms. The molecule has 0 saturated carbocycles. The minimum atomic E-state index is -0.455. The van der Waals surface area contributed by atoms with Crippen molar-refractivity contribution >= 4 is 27.8 Å². The molecule has 0 unspecified atom stereocenters. The Morgan fingerprint density at radius 3 is 2.68 bits per heavy atom. The highest BCUT2D eigenvalue weighted by Gasteiger charge is 2.21. The van der Waals surface area contributed by atoms with E-state index in [-0.39, 0.29) is 5.91 Å². The molecular formula is C26H20FN5O2. The summed E-state index contributed by atoms with van der Waals surface area (Å²) in [6, 6.07) is 12.8. The molecule has 168 valence electrons. The molecule has 0 radical (unpaired) electrons. The molecule has 1 amide bonds. The molecule has 0 aliphatic carbocycles. The van der Waals surface area contributed by atoms with Crippen LogP contribution in [-0.2, 0) is 4.74 Å². The van der Waals surface area contributed by atoms with Gasteiger partial charge in [-0.2, -0.15) is 0 Å². The molecule has 1 aromatic carbocycles. The van der Waals surface area contributed by atoms with Crippen LogP contribution in [-0.4, -0.2) is 57.0 Å². The number of aromatic amines is 1. The van der Waals surface area contributed by atoms with Crippen LogP contribution in [0.15, 0.2) is 67.3 Å². The van der Waals surface area contributed by atoms with Crippen LogP contribution in [0.3, 0.4) is 0 Å². The number of pyridine rings is 3. The molecule has 1 aliphatic heterocycles. The Hall–Kier alpha value is -4.17. The molecule has 0 atom stereocenters. The van der Waals surface area contributed by atoms with Crippen molar-refractivity contribution in [2.24, 2.45) is 0 Å². The number of ether oxygens (including phenoxy) is 1. The second-order valence-corrected chi connectivity index (χ2v) is 8.17. The van der Waals surface area contributed by atoms with Gasteiger partial charge in [-0.1, -0.05) is 12.1 Å². The Morgan fingerprint density at radius 2 is 1.85 bits per heavy atom. The van der Waals surface area contributed by atoms with Crippen LogP contribution in [0.4, 0.5) is 4.39 Å². The molecule has 0 spiro atoms. The van der Waals surface area contributed by atoms with Crippen LogP contribution in [0.1, 0.15) is 10.4 Å². The number of nitrogens with one attached hydrogen (secondary N) is 1. The summed E-state index contributed by atoms with van der Waals surface area (Å²) in [6.07, 6.45) is 6.37. The van der Waals surface area contributed by atoms with E-state index in [0.29, 0.717) is 54.0 Å². The van der Waals surface area contributed by atoms with Crippen molar-refractivity contribution in [1.29, 1.82) is 0 Å². The summed E-state index contributed by atoms with van der Waals surface area (Å²) in [5.41, 5.74) is 4.43. The number of amides is 1. The molecule has 4 aromatic heterocycles. The third kappa shape index (κ3) is 3.48. The van der Waals surface area contributed by atoms with E-state index in [9.17, 15) is 4.79 Å². The molecule has 1 aliphatic rings. The van der Waals surface area contributed by atoms with Crippen LogP contribution < -0.4 is 0 Å². The lowest BCUT2D eigenvalue weighted by Crippen LogP contribution is -2.40. The standard InChI is InChI=1S/C26H20FN5O2/c27-20-14-30-25-24(19-12-21(29-15-22(19)31-25)18-5-2-6-28-13-18)23(20)16-3-1-4-17(11-16)26(33)32-7-9-34-10-8-32/h1-6,11-15H,7-10H2,(H,30,31). The van der Waals surface area contributed by atoms with Gasteiger partial charge in [-0.05, 0) is 35.9 Å². The van der Waals surface area contributed by atoms with Gasteiger partial charge in [-0.25, -0.2) is 9.37 Å². The molecule has 6 rings (SSSR count). The number of nitrogens with zero attached hydrogens (tertiary/aromatic N) is 4. The van der Waals surface area contributed by atoms with Crippen LogP contribution in [0, 0.1) is 5.82 Å². The predicted molar refractivity (Wildman–Crippen MR) is 127 cm³/mol. The van der Waals surface area contributed by atoms with Crippen molar-refractivity contribution in [3.05, 3.63) is 78.6 Å². The number of carbonyl (C=O) groups is 1. The smallest absolute Gasteiger partial charge is 0.254 e. The average Bonchev–Trinajstić information content (AvgIpc) is 3.27. The summed E-state index contributed by atoms with van der Waals surface area (Å²) in [5, 5.41) is 1.45. The monoisotopic (exact) mass is 453 g/mol. The maximum Gasteiger partial charge on any atom is 0.254 e. The Balaban J connectivity index is 1.51. The SMILES string of the molecule is O=C(c1cccc(-c2c(F)cnc3[nH]c4cnc(-c5cccnc5)cc4c23)c1)N1CCOCC1. The summed E-state index contributed by atoms with van der Waals surface area (Å²) < 4.78 is 20.7. The summed E-state index contributed by atoms with van der Waals surface area (Å²) in [6.45, 7) is 2.13. The van der Waals surface area contributed by atoms with Crippen LogP contribution >= 0.6 is 0 Å². The molecule has 8 heteroatoms. The summed E-state index contributed by atoms with van der Waals surface area (Å²) in [4.78, 5) is 31.0. The lowest BCUT2D eigenvalue weighted by Gasteiger charge is -2.27. The van der Waals surface area contributed by atoms with E-state index >= 15 is 4.39 Å². The fourth-order valence-corrected chi connectivity index (χ4v) is 4.45. The van der Waals surface area contributed by atoms with Crippen LogP contribution in [0.5, 0.6) is 0 Å². The number of H-pyrrole nitrogens is 1. The van der Waals surface area contributed by atoms with E-state index in [0.717, 1.165) is 22.2 Å². The zero-order chi connectivity index (χ0) is 23.1. The first-order valence-electron chi connectivity index (χ1n) is 11.0. The molecule has 1 saturated heterocycles. The van der Waals surface area contributed by atoms with E-state index in [4.69, 9.17) is 4.74 Å². The van der Waals surface area contributed by atoms with Gasteiger partial charge in [-0.3, -0.25) is 14.8 Å². The number of fused-ring (bicyclic) bond motifs is 3. The fourth-order valence-electron chi connectivity index (χ4n) is 4.45. The third-order valence-electron chi connectivity index (χ3n) is 6.11. The first kappa shape index (κ1) is 20.4. The molecular weight excluding hydrogens is 433 g/mol. The van der Waals surface area contributed by atoms with Crippen molar-refractivity contribution in [2.45, 2.75) is 0 Å². The number of morpholine rings is 1. The highest BCUT2D eigenvalue weighted by Crippen LogP contribution is 2.36. The van der Waals surface area contributed by atoms with Gasteiger partial charge in [0.2, 0.25) is 0 Å². The average molecular weight is 453 g/mol. The quantitative estimate of drug-likeness (QED) is 0.436. The van der Waals surface area contributed by atoms with E-state index < -0.39 is 5.82 Å². The summed E-state index contributed by atoms with van der Waals surface area (Å²) >= 11 is 0. The molecule has 5 heterocycles. The van der Waals surface area contributed by atoms with Crippen molar-refractivity contribution < 1.29 is 13.9 Å². The highest BCUT2D eigenvalue weighted by molar-refractivity contribution is 6.13. The first-order chi connectivity index (χ1) is 16.7. The van der Waals surface area contributed by atoms with Gasteiger partial charge in [0.15, 0.2) is 0 Å². The number of carbonyl (C=O) groups excluding carboxylic acids is 1. The number of hydrogen-bond acceptors (Lipinski definition) is 5. The Morgan fingerprint density at radius 1 is 1.00 bits per heavy atom. The number of hydrogen-bond donors (Lipinski definition) is 1. The van der Waals surface area contributed by atoms with Crippen molar-refractivity contribution in [1.82, 2.24) is 24.8 Å². The Kier molecular flexibility index (Phi) is 5.00. The van der Waals surface area contributed by atoms with Crippen LogP contribution in [0.2, 0.25) is 0 Å². The lowest BCUT2D eigenvalue weighted by atomic mass is 9.98. The van der Waals surface area contributed by atoms with Gasteiger partial charge >= 0.3 is 0 Å². The van der Waals surface area contributed by atoms with Gasteiger partial charge in [0.1, 0.15) is 11.5 Å². The van der Waals surface area contributed by atoms with Crippen molar-refractivity contribution in [3.63, 3.8) is 0 Å². The number of rotatable bonds is 3. The van der Waals surface area contributed by atoms with Gasteiger partial charge in [0.25, 0.3) is 5.91 Å². The van der Waals surface area contributed by atoms with Crippen molar-refractivity contribution in [3.8, 4) is 22.4 Å². The van der Waals surface area contributed by atoms with E-state index in [1.165, 1.54) is 6.20 Å². The fraction of sp³-hybridized carbons (Fsp3) is 0.154. The second kappa shape index (κ2) is 8.31. The van der Waals surface area contributed by atoms with Gasteiger partial charge < -0.3 is 14.6 Å². The lowest BCUT2D eigenvalue weighted by molar-refractivity contribution is 0.0303. The second-order valence-electron chi connectivity index (χ2n) is 8.17. The van der Waals surface area contributed by atoms with Gasteiger partial charge in [-0.15, -0.1) is 0 Å². The molecule has 34 heavy (non-hydrogen) atoms. The minimum absolute atomic E-state index is 0.0853. The predicted octanol–water partition coefficient (Wildman–Crippen LogP) is 4.45. The Labute approximate surface area is 194 Å². The molecule has 7 nitrogen and oxygen atoms in total. The highest BCUT2D eigenvalue weighted by atomic mass is 19.1. The van der Waals surface area contributed by atoms with Crippen molar-refractivity contribution in [2.75, 3.05) is 26.3 Å². The number of halogens is 1. The topological polar surface area (TPSA) is 84.0 Å². The van der Waals surface area contributed by atoms with Crippen LogP contribution in [0.25, 0.3) is 44.3 Å². The van der Waals surface area contributed by atoms with E-state index in [2.05, 4.69) is 19.9 Å². The van der Waals surface area contributed by atoms with Gasteiger partial charge in [0, 0.05) is 52.9 Å². The minimum Gasteiger partial charge on any atom is -0.378 e.